The molecule has 0 spiro atoms. The molecule has 1 aliphatic rings. The van der Waals surface area contributed by atoms with Gasteiger partial charge in [0.05, 0.1) is 24.3 Å². The van der Waals surface area contributed by atoms with Crippen molar-refractivity contribution in [2.45, 2.75) is 38.8 Å². The van der Waals surface area contributed by atoms with Crippen molar-refractivity contribution in [3.63, 3.8) is 0 Å². The maximum atomic E-state index is 6.13. The average Bonchev–Trinajstić information content (AvgIpc) is 2.99. The molecule has 20 heavy (non-hydrogen) atoms. The van der Waals surface area contributed by atoms with Gasteiger partial charge in [-0.25, -0.2) is 4.98 Å². The van der Waals surface area contributed by atoms with Gasteiger partial charge in [0, 0.05) is 6.61 Å². The monoisotopic (exact) mass is 275 g/mol. The Morgan fingerprint density at radius 2 is 2.35 bits per heavy atom. The molecule has 2 atom stereocenters. The summed E-state index contributed by atoms with van der Waals surface area (Å²) in [7, 11) is 0. The lowest BCUT2D eigenvalue weighted by atomic mass is 10.1. The van der Waals surface area contributed by atoms with E-state index in [-0.39, 0.29) is 12.1 Å². The van der Waals surface area contributed by atoms with E-state index in [1.54, 1.807) is 0 Å². The van der Waals surface area contributed by atoms with Crippen LogP contribution in [0.1, 0.15) is 32.7 Å². The van der Waals surface area contributed by atoms with Gasteiger partial charge in [0.1, 0.15) is 11.3 Å². The third kappa shape index (κ3) is 2.12. The van der Waals surface area contributed by atoms with Crippen LogP contribution in [0, 0.1) is 0 Å². The van der Waals surface area contributed by atoms with Gasteiger partial charge in [0.15, 0.2) is 0 Å². The average molecular weight is 275 g/mol. The Morgan fingerprint density at radius 3 is 3.05 bits per heavy atom. The van der Waals surface area contributed by atoms with Gasteiger partial charge in [0.25, 0.3) is 0 Å². The maximum Gasteiger partial charge on any atom is 0.201 e. The summed E-state index contributed by atoms with van der Waals surface area (Å²) in [6.45, 7) is 5.64. The number of ether oxygens (including phenoxy) is 2. The Morgan fingerprint density at radius 1 is 1.50 bits per heavy atom. The second-order valence-electron chi connectivity index (χ2n) is 5.24. The molecule has 3 rings (SSSR count). The second-order valence-corrected chi connectivity index (χ2v) is 5.24. The highest BCUT2D eigenvalue weighted by Gasteiger charge is 2.29. The molecule has 1 aromatic carbocycles. The van der Waals surface area contributed by atoms with E-state index >= 15 is 0 Å². The number of aromatic nitrogens is 2. The van der Waals surface area contributed by atoms with Crippen molar-refractivity contribution in [3.05, 3.63) is 18.2 Å². The highest BCUT2D eigenvalue weighted by Crippen LogP contribution is 2.34. The normalized spacial score (nSPS) is 22.5. The van der Waals surface area contributed by atoms with Gasteiger partial charge in [-0.15, -0.1) is 0 Å². The molecule has 0 radical (unpaired) electrons. The minimum Gasteiger partial charge on any atom is -0.491 e. The zero-order valence-corrected chi connectivity index (χ0v) is 12.0. The van der Waals surface area contributed by atoms with E-state index < -0.39 is 0 Å². The van der Waals surface area contributed by atoms with Crippen molar-refractivity contribution in [2.75, 3.05) is 18.9 Å². The number of fused-ring (bicyclic) bond motifs is 1. The molecule has 2 N–H and O–H groups in total. The minimum atomic E-state index is 0.162. The topological polar surface area (TPSA) is 62.3 Å². The van der Waals surface area contributed by atoms with Crippen LogP contribution in [0.5, 0.6) is 5.75 Å². The van der Waals surface area contributed by atoms with Gasteiger partial charge in [-0.1, -0.05) is 13.0 Å². The van der Waals surface area contributed by atoms with E-state index in [0.29, 0.717) is 12.6 Å². The zero-order valence-electron chi connectivity index (χ0n) is 12.0. The largest absolute Gasteiger partial charge is 0.491 e. The molecule has 1 fully saturated rings. The van der Waals surface area contributed by atoms with Crippen molar-refractivity contribution in [2.24, 2.45) is 0 Å². The Hall–Kier alpha value is -1.75. The molecule has 0 amide bonds. The number of imidazole rings is 1. The van der Waals surface area contributed by atoms with E-state index in [4.69, 9.17) is 15.2 Å². The first-order chi connectivity index (χ1) is 9.72. The Balaban J connectivity index is 2.07. The quantitative estimate of drug-likeness (QED) is 0.932. The van der Waals surface area contributed by atoms with Crippen LogP contribution in [0.2, 0.25) is 0 Å². The number of para-hydroxylation sites is 1. The van der Waals surface area contributed by atoms with Crippen LogP contribution in [0.25, 0.3) is 11.0 Å². The minimum absolute atomic E-state index is 0.162. The molecule has 108 valence electrons. The van der Waals surface area contributed by atoms with E-state index in [2.05, 4.69) is 23.4 Å². The fourth-order valence-electron chi connectivity index (χ4n) is 2.85. The van der Waals surface area contributed by atoms with Gasteiger partial charge in [-0.2, -0.15) is 0 Å². The third-order valence-corrected chi connectivity index (χ3v) is 3.84. The molecule has 0 bridgehead atoms. The molecular formula is C15H21N3O2. The summed E-state index contributed by atoms with van der Waals surface area (Å²) in [5.41, 5.74) is 8.00. The summed E-state index contributed by atoms with van der Waals surface area (Å²) in [5.74, 6) is 1.34. The molecule has 2 aromatic rings. The molecule has 1 saturated heterocycles. The fraction of sp³-hybridized carbons (Fsp3) is 0.533. The molecule has 1 aliphatic heterocycles. The molecule has 5 nitrogen and oxygen atoms in total. The van der Waals surface area contributed by atoms with Gasteiger partial charge < -0.3 is 19.8 Å². The summed E-state index contributed by atoms with van der Waals surface area (Å²) in [4.78, 5) is 4.51. The predicted octanol–water partition coefficient (Wildman–Crippen LogP) is 2.76. The van der Waals surface area contributed by atoms with Crippen LogP contribution in [0.4, 0.5) is 5.95 Å². The highest BCUT2D eigenvalue weighted by atomic mass is 16.5. The van der Waals surface area contributed by atoms with Gasteiger partial charge in [-0.3, -0.25) is 0 Å². The summed E-state index contributed by atoms with van der Waals surface area (Å²) in [5, 5.41) is 0. The molecule has 2 unspecified atom stereocenters. The van der Waals surface area contributed by atoms with Crippen LogP contribution in [0.15, 0.2) is 18.2 Å². The van der Waals surface area contributed by atoms with Crippen molar-refractivity contribution >= 4 is 17.0 Å². The zero-order chi connectivity index (χ0) is 14.1. The summed E-state index contributed by atoms with van der Waals surface area (Å²) in [6.07, 6.45) is 2.10. The number of nitrogen functional groups attached to an aromatic ring is 1. The number of hydrogen-bond donors (Lipinski definition) is 1. The SMILES string of the molecule is CCCOc1cccc2c1nc(N)n2C1CCOC1C. The molecule has 0 aliphatic carbocycles. The van der Waals surface area contributed by atoms with E-state index in [9.17, 15) is 0 Å². The standard InChI is InChI=1S/C15H21N3O2/c1-3-8-20-13-6-4-5-12-14(13)17-15(16)18(12)11-7-9-19-10(11)2/h4-6,10-11H,3,7-9H2,1-2H3,(H2,16,17). The summed E-state index contributed by atoms with van der Waals surface area (Å²) >= 11 is 0. The van der Waals surface area contributed by atoms with Gasteiger partial charge in [-0.05, 0) is 31.9 Å². The van der Waals surface area contributed by atoms with Gasteiger partial charge >= 0.3 is 0 Å². The number of hydrogen-bond acceptors (Lipinski definition) is 4. The lowest BCUT2D eigenvalue weighted by molar-refractivity contribution is 0.109. The Labute approximate surface area is 118 Å². The first-order valence-corrected chi connectivity index (χ1v) is 7.23. The first kappa shape index (κ1) is 13.2. The van der Waals surface area contributed by atoms with Crippen molar-refractivity contribution in [1.29, 1.82) is 0 Å². The number of anilines is 1. The van der Waals surface area contributed by atoms with Gasteiger partial charge in [0.2, 0.25) is 5.95 Å². The number of nitrogens with two attached hydrogens (primary N) is 1. The molecule has 2 heterocycles. The second kappa shape index (κ2) is 5.32. The van der Waals surface area contributed by atoms with Crippen LogP contribution >= 0.6 is 0 Å². The van der Waals surface area contributed by atoms with Crippen molar-refractivity contribution in [3.8, 4) is 5.75 Å². The van der Waals surface area contributed by atoms with Crippen LogP contribution in [-0.4, -0.2) is 28.9 Å². The van der Waals surface area contributed by atoms with E-state index in [1.807, 2.05) is 18.2 Å². The first-order valence-electron chi connectivity index (χ1n) is 7.23. The number of benzene rings is 1. The van der Waals surface area contributed by atoms with Crippen LogP contribution in [0.3, 0.4) is 0 Å². The highest BCUT2D eigenvalue weighted by molar-refractivity contribution is 5.84. The molecule has 0 saturated carbocycles. The number of rotatable bonds is 4. The Bertz CT molecular complexity index is 608. The smallest absolute Gasteiger partial charge is 0.201 e. The van der Waals surface area contributed by atoms with Crippen LogP contribution < -0.4 is 10.5 Å². The van der Waals surface area contributed by atoms with E-state index in [1.165, 1.54) is 0 Å². The number of nitrogens with zero attached hydrogens (tertiary/aromatic N) is 2. The van der Waals surface area contributed by atoms with Crippen molar-refractivity contribution < 1.29 is 9.47 Å². The molecule has 1 aromatic heterocycles. The molecule has 5 heteroatoms. The Kier molecular flexibility index (Phi) is 3.53. The summed E-state index contributed by atoms with van der Waals surface area (Å²) in [6, 6.07) is 6.23. The maximum absolute atomic E-state index is 6.13. The fourth-order valence-corrected chi connectivity index (χ4v) is 2.85. The molecular weight excluding hydrogens is 254 g/mol. The summed E-state index contributed by atoms with van der Waals surface area (Å²) < 4.78 is 13.5. The van der Waals surface area contributed by atoms with E-state index in [0.717, 1.165) is 36.2 Å². The lowest BCUT2D eigenvalue weighted by Crippen LogP contribution is -2.18. The lowest BCUT2D eigenvalue weighted by Gasteiger charge is -2.18. The van der Waals surface area contributed by atoms with Crippen LogP contribution in [-0.2, 0) is 4.74 Å². The predicted molar refractivity (Wildman–Crippen MR) is 79.0 cm³/mol. The van der Waals surface area contributed by atoms with Crippen molar-refractivity contribution in [1.82, 2.24) is 9.55 Å². The third-order valence-electron chi connectivity index (χ3n) is 3.84.